The van der Waals surface area contributed by atoms with Gasteiger partial charge in [0.15, 0.2) is 0 Å². The van der Waals surface area contributed by atoms with Gasteiger partial charge >= 0.3 is 0 Å². The van der Waals surface area contributed by atoms with Crippen LogP contribution in [-0.2, 0) is 6.42 Å². The summed E-state index contributed by atoms with van der Waals surface area (Å²) in [7, 11) is 1.91. The molecule has 2 rings (SSSR count). The molecule has 0 aromatic heterocycles. The molecular weight excluding hydrogens is 284 g/mol. The molecule has 0 heterocycles. The van der Waals surface area contributed by atoms with Gasteiger partial charge in [-0.05, 0) is 42.7 Å². The van der Waals surface area contributed by atoms with Crippen LogP contribution < -0.4 is 10.1 Å². The minimum Gasteiger partial charge on any atom is -0.492 e. The molecular formula is C17H17ClN2O. The second-order valence-corrected chi connectivity index (χ2v) is 5.09. The van der Waals surface area contributed by atoms with Crippen molar-refractivity contribution in [3.8, 4) is 11.8 Å². The molecule has 0 saturated heterocycles. The third-order valence-electron chi connectivity index (χ3n) is 3.15. The van der Waals surface area contributed by atoms with E-state index in [1.165, 1.54) is 5.56 Å². The van der Waals surface area contributed by atoms with Gasteiger partial charge in [0, 0.05) is 23.8 Å². The number of anilines is 1. The van der Waals surface area contributed by atoms with Crippen molar-refractivity contribution < 1.29 is 4.74 Å². The quantitative estimate of drug-likeness (QED) is 0.811. The monoisotopic (exact) mass is 300 g/mol. The Morgan fingerprint density at radius 2 is 2.10 bits per heavy atom. The van der Waals surface area contributed by atoms with E-state index >= 15 is 0 Å². The van der Waals surface area contributed by atoms with Crippen LogP contribution in [0.4, 0.5) is 5.69 Å². The summed E-state index contributed by atoms with van der Waals surface area (Å²) in [5, 5.41) is 12.7. The Labute approximate surface area is 130 Å². The standard InChI is InChI=1S/C17H17ClN2O/c1-20-16-6-2-4-13(10-16)5-3-9-21-17-11-15(18)8-7-14(17)12-19/h2,4,6-8,10-11,20H,3,5,9H2,1H3. The highest BCUT2D eigenvalue weighted by molar-refractivity contribution is 6.30. The summed E-state index contributed by atoms with van der Waals surface area (Å²) in [5.41, 5.74) is 2.88. The van der Waals surface area contributed by atoms with Gasteiger partial charge in [0.25, 0.3) is 0 Å². The van der Waals surface area contributed by atoms with E-state index < -0.39 is 0 Å². The summed E-state index contributed by atoms with van der Waals surface area (Å²) in [6.45, 7) is 0.554. The normalized spacial score (nSPS) is 9.95. The summed E-state index contributed by atoms with van der Waals surface area (Å²) in [6.07, 6.45) is 1.81. The molecule has 2 aromatic carbocycles. The number of hydrogen-bond acceptors (Lipinski definition) is 3. The second kappa shape index (κ2) is 7.56. The Bertz CT molecular complexity index is 649. The van der Waals surface area contributed by atoms with Gasteiger partial charge in [-0.25, -0.2) is 0 Å². The Kier molecular flexibility index (Phi) is 5.48. The van der Waals surface area contributed by atoms with Crippen LogP contribution in [0.25, 0.3) is 0 Å². The molecule has 4 heteroatoms. The molecule has 0 fully saturated rings. The predicted molar refractivity (Wildman–Crippen MR) is 86.0 cm³/mol. The summed E-state index contributed by atoms with van der Waals surface area (Å²) < 4.78 is 5.66. The molecule has 0 aliphatic heterocycles. The van der Waals surface area contributed by atoms with Gasteiger partial charge in [0.2, 0.25) is 0 Å². The van der Waals surface area contributed by atoms with Crippen molar-refractivity contribution in [2.45, 2.75) is 12.8 Å². The van der Waals surface area contributed by atoms with E-state index in [4.69, 9.17) is 21.6 Å². The SMILES string of the molecule is CNc1cccc(CCCOc2cc(Cl)ccc2C#N)c1. The summed E-state index contributed by atoms with van der Waals surface area (Å²) in [6, 6.07) is 15.4. The van der Waals surface area contributed by atoms with Crippen molar-refractivity contribution in [3.63, 3.8) is 0 Å². The number of nitrogens with zero attached hydrogens (tertiary/aromatic N) is 1. The minimum atomic E-state index is 0.511. The van der Waals surface area contributed by atoms with Gasteiger partial charge in [0.05, 0.1) is 12.2 Å². The number of hydrogen-bond donors (Lipinski definition) is 1. The minimum absolute atomic E-state index is 0.511. The van der Waals surface area contributed by atoms with Crippen LogP contribution in [0.3, 0.4) is 0 Å². The first-order valence-corrected chi connectivity index (χ1v) is 7.20. The molecule has 0 amide bonds. The van der Waals surface area contributed by atoms with Crippen LogP contribution in [0, 0.1) is 11.3 Å². The Morgan fingerprint density at radius 1 is 1.24 bits per heavy atom. The van der Waals surface area contributed by atoms with E-state index in [2.05, 4.69) is 23.5 Å². The van der Waals surface area contributed by atoms with E-state index in [1.54, 1.807) is 18.2 Å². The average Bonchev–Trinajstić information content (AvgIpc) is 2.52. The number of aryl methyl sites for hydroxylation is 1. The summed E-state index contributed by atoms with van der Waals surface area (Å²) >= 11 is 5.92. The van der Waals surface area contributed by atoms with Crippen LogP contribution in [0.2, 0.25) is 5.02 Å². The van der Waals surface area contributed by atoms with Crippen LogP contribution in [0.5, 0.6) is 5.75 Å². The zero-order chi connectivity index (χ0) is 15.1. The van der Waals surface area contributed by atoms with E-state index in [9.17, 15) is 0 Å². The van der Waals surface area contributed by atoms with Crippen LogP contribution in [0.1, 0.15) is 17.5 Å². The molecule has 0 bridgehead atoms. The molecule has 1 N–H and O–H groups in total. The molecule has 3 nitrogen and oxygen atoms in total. The van der Waals surface area contributed by atoms with Gasteiger partial charge in [-0.2, -0.15) is 5.26 Å². The fraction of sp³-hybridized carbons (Fsp3) is 0.235. The number of nitriles is 1. The van der Waals surface area contributed by atoms with Crippen molar-refractivity contribution in [2.24, 2.45) is 0 Å². The van der Waals surface area contributed by atoms with Crippen molar-refractivity contribution in [1.82, 2.24) is 0 Å². The van der Waals surface area contributed by atoms with Gasteiger partial charge in [-0.15, -0.1) is 0 Å². The zero-order valence-corrected chi connectivity index (χ0v) is 12.7. The Morgan fingerprint density at radius 3 is 2.86 bits per heavy atom. The van der Waals surface area contributed by atoms with Crippen molar-refractivity contribution >= 4 is 17.3 Å². The van der Waals surface area contributed by atoms with E-state index in [0.717, 1.165) is 18.5 Å². The van der Waals surface area contributed by atoms with Crippen LogP contribution in [-0.4, -0.2) is 13.7 Å². The van der Waals surface area contributed by atoms with Gasteiger partial charge < -0.3 is 10.1 Å². The lowest BCUT2D eigenvalue weighted by Crippen LogP contribution is -2.01. The third kappa shape index (κ3) is 4.40. The maximum absolute atomic E-state index is 9.02. The first-order chi connectivity index (χ1) is 10.2. The molecule has 0 aliphatic carbocycles. The average molecular weight is 301 g/mol. The number of rotatable bonds is 6. The molecule has 0 saturated carbocycles. The van der Waals surface area contributed by atoms with Gasteiger partial charge in [0.1, 0.15) is 11.8 Å². The fourth-order valence-corrected chi connectivity index (χ4v) is 2.21. The topological polar surface area (TPSA) is 45.0 Å². The maximum Gasteiger partial charge on any atom is 0.138 e. The molecule has 108 valence electrons. The lowest BCUT2D eigenvalue weighted by atomic mass is 10.1. The molecule has 0 atom stereocenters. The van der Waals surface area contributed by atoms with E-state index in [0.29, 0.717) is 22.9 Å². The third-order valence-corrected chi connectivity index (χ3v) is 3.38. The highest BCUT2D eigenvalue weighted by Gasteiger charge is 2.04. The zero-order valence-electron chi connectivity index (χ0n) is 11.9. The smallest absolute Gasteiger partial charge is 0.138 e. The van der Waals surface area contributed by atoms with Crippen LogP contribution in [0.15, 0.2) is 42.5 Å². The largest absolute Gasteiger partial charge is 0.492 e. The first kappa shape index (κ1) is 15.2. The predicted octanol–water partition coefficient (Wildman–Crippen LogP) is 4.26. The van der Waals surface area contributed by atoms with Gasteiger partial charge in [-0.3, -0.25) is 0 Å². The highest BCUT2D eigenvalue weighted by Crippen LogP contribution is 2.23. The number of benzene rings is 2. The Balaban J connectivity index is 1.87. The van der Waals surface area contributed by atoms with Crippen molar-refractivity contribution in [1.29, 1.82) is 5.26 Å². The van der Waals surface area contributed by atoms with Gasteiger partial charge in [-0.1, -0.05) is 23.7 Å². The first-order valence-electron chi connectivity index (χ1n) is 6.82. The van der Waals surface area contributed by atoms with E-state index in [-0.39, 0.29) is 0 Å². The molecule has 2 aromatic rings. The lowest BCUT2D eigenvalue weighted by Gasteiger charge is -2.09. The second-order valence-electron chi connectivity index (χ2n) is 4.65. The summed E-state index contributed by atoms with van der Waals surface area (Å²) in [5.74, 6) is 0.550. The maximum atomic E-state index is 9.02. The fourth-order valence-electron chi connectivity index (χ4n) is 2.05. The molecule has 0 spiro atoms. The molecule has 0 aliphatic rings. The molecule has 21 heavy (non-hydrogen) atoms. The lowest BCUT2D eigenvalue weighted by molar-refractivity contribution is 0.310. The van der Waals surface area contributed by atoms with Crippen LogP contribution >= 0.6 is 11.6 Å². The number of halogens is 1. The van der Waals surface area contributed by atoms with E-state index in [1.807, 2.05) is 19.2 Å². The Hall–Kier alpha value is -2.18. The highest BCUT2D eigenvalue weighted by atomic mass is 35.5. The van der Waals surface area contributed by atoms with Crippen molar-refractivity contribution in [2.75, 3.05) is 19.0 Å². The summed E-state index contributed by atoms with van der Waals surface area (Å²) in [4.78, 5) is 0. The number of ether oxygens (including phenoxy) is 1. The molecule has 0 radical (unpaired) electrons. The number of nitrogens with one attached hydrogen (secondary N) is 1. The van der Waals surface area contributed by atoms with Crippen molar-refractivity contribution in [3.05, 3.63) is 58.6 Å². The molecule has 0 unspecified atom stereocenters.